The van der Waals surface area contributed by atoms with E-state index in [1.54, 1.807) is 12.1 Å². The first-order valence-corrected chi connectivity index (χ1v) is 8.48. The molecule has 1 amide bonds. The Balaban J connectivity index is 3.20. The molecule has 7 heteroatoms. The SMILES string of the molecule is CC[C@@H](C)NC(=O)c1cc(N(C)S(C)(=O)=O)ccc1OC. The van der Waals surface area contributed by atoms with Gasteiger partial charge in [0.05, 0.1) is 24.6 Å². The van der Waals surface area contributed by atoms with Crippen LogP contribution in [0.25, 0.3) is 0 Å². The van der Waals surface area contributed by atoms with E-state index in [0.717, 1.165) is 17.0 Å². The highest BCUT2D eigenvalue weighted by molar-refractivity contribution is 7.92. The summed E-state index contributed by atoms with van der Waals surface area (Å²) in [6.45, 7) is 3.87. The van der Waals surface area contributed by atoms with Crippen molar-refractivity contribution in [1.82, 2.24) is 5.32 Å². The van der Waals surface area contributed by atoms with Crippen LogP contribution in [0.4, 0.5) is 5.69 Å². The number of benzene rings is 1. The predicted octanol–water partition coefficient (Wildman–Crippen LogP) is 1.62. The van der Waals surface area contributed by atoms with E-state index in [1.807, 2.05) is 13.8 Å². The fourth-order valence-electron chi connectivity index (χ4n) is 1.66. The normalized spacial score (nSPS) is 12.6. The molecule has 0 saturated carbocycles. The lowest BCUT2D eigenvalue weighted by molar-refractivity contribution is 0.0936. The van der Waals surface area contributed by atoms with Crippen molar-refractivity contribution in [3.63, 3.8) is 0 Å². The lowest BCUT2D eigenvalue weighted by Gasteiger charge is -2.19. The van der Waals surface area contributed by atoms with Crippen molar-refractivity contribution in [3.8, 4) is 5.75 Å². The summed E-state index contributed by atoms with van der Waals surface area (Å²) in [4.78, 5) is 12.3. The number of hydrogen-bond acceptors (Lipinski definition) is 4. The summed E-state index contributed by atoms with van der Waals surface area (Å²) in [7, 11) is -0.479. The second-order valence-electron chi connectivity index (χ2n) is 4.90. The van der Waals surface area contributed by atoms with Crippen molar-refractivity contribution in [2.45, 2.75) is 26.3 Å². The smallest absolute Gasteiger partial charge is 0.255 e. The van der Waals surface area contributed by atoms with E-state index in [2.05, 4.69) is 5.32 Å². The lowest BCUT2D eigenvalue weighted by Crippen LogP contribution is -2.32. The third-order valence-electron chi connectivity index (χ3n) is 3.28. The summed E-state index contributed by atoms with van der Waals surface area (Å²) in [5.41, 5.74) is 0.721. The number of carbonyl (C=O) groups excluding carboxylic acids is 1. The van der Waals surface area contributed by atoms with Crippen LogP contribution in [-0.4, -0.2) is 40.8 Å². The van der Waals surface area contributed by atoms with E-state index in [9.17, 15) is 13.2 Å². The first kappa shape index (κ1) is 17.3. The van der Waals surface area contributed by atoms with Gasteiger partial charge in [-0.1, -0.05) is 6.92 Å². The Morgan fingerprint density at radius 1 is 1.43 bits per heavy atom. The number of nitrogens with zero attached hydrogens (tertiary/aromatic N) is 1. The molecule has 0 aromatic heterocycles. The summed E-state index contributed by atoms with van der Waals surface area (Å²) in [5, 5.41) is 2.84. The van der Waals surface area contributed by atoms with E-state index in [0.29, 0.717) is 17.0 Å². The maximum Gasteiger partial charge on any atom is 0.255 e. The highest BCUT2D eigenvalue weighted by Gasteiger charge is 2.18. The zero-order valence-electron chi connectivity index (χ0n) is 13.0. The van der Waals surface area contributed by atoms with Crippen molar-refractivity contribution >= 4 is 21.6 Å². The van der Waals surface area contributed by atoms with Crippen LogP contribution in [0, 0.1) is 0 Å². The summed E-state index contributed by atoms with van der Waals surface area (Å²) in [6.07, 6.45) is 1.91. The van der Waals surface area contributed by atoms with Gasteiger partial charge in [-0.05, 0) is 31.5 Å². The van der Waals surface area contributed by atoms with Crippen LogP contribution in [0.2, 0.25) is 0 Å². The second-order valence-corrected chi connectivity index (χ2v) is 6.91. The van der Waals surface area contributed by atoms with Crippen LogP contribution in [0.5, 0.6) is 5.75 Å². The molecule has 0 fully saturated rings. The molecule has 0 saturated heterocycles. The molecule has 118 valence electrons. The molecule has 0 unspecified atom stereocenters. The lowest BCUT2D eigenvalue weighted by atomic mass is 10.1. The fourth-order valence-corrected chi connectivity index (χ4v) is 2.16. The number of ether oxygens (including phenoxy) is 1. The fraction of sp³-hybridized carbons (Fsp3) is 0.500. The standard InChI is InChI=1S/C14H22N2O4S/c1-6-10(2)15-14(17)12-9-11(7-8-13(12)20-4)16(3)21(5,18)19/h7-10H,6H2,1-5H3,(H,15,17)/t10-/m1/s1. The summed E-state index contributed by atoms with van der Waals surface area (Å²) >= 11 is 0. The molecule has 0 aliphatic heterocycles. The third kappa shape index (κ3) is 4.35. The molecular weight excluding hydrogens is 292 g/mol. The van der Waals surface area contributed by atoms with Crippen LogP contribution in [0.1, 0.15) is 30.6 Å². The molecule has 1 N–H and O–H groups in total. The van der Waals surface area contributed by atoms with E-state index < -0.39 is 10.0 Å². The molecule has 0 heterocycles. The Morgan fingerprint density at radius 2 is 2.05 bits per heavy atom. The van der Waals surface area contributed by atoms with E-state index >= 15 is 0 Å². The zero-order valence-corrected chi connectivity index (χ0v) is 13.8. The van der Waals surface area contributed by atoms with Crippen LogP contribution >= 0.6 is 0 Å². The van der Waals surface area contributed by atoms with E-state index in [1.165, 1.54) is 20.2 Å². The highest BCUT2D eigenvalue weighted by Crippen LogP contribution is 2.25. The van der Waals surface area contributed by atoms with Gasteiger partial charge >= 0.3 is 0 Å². The third-order valence-corrected chi connectivity index (χ3v) is 4.48. The van der Waals surface area contributed by atoms with Crippen molar-refractivity contribution < 1.29 is 17.9 Å². The van der Waals surface area contributed by atoms with E-state index in [4.69, 9.17) is 4.74 Å². The van der Waals surface area contributed by atoms with Gasteiger partial charge in [0, 0.05) is 13.1 Å². The molecule has 1 rings (SSSR count). The van der Waals surface area contributed by atoms with Gasteiger partial charge in [0.25, 0.3) is 5.91 Å². The number of hydrogen-bond donors (Lipinski definition) is 1. The van der Waals surface area contributed by atoms with Crippen LogP contribution in [0.15, 0.2) is 18.2 Å². The Labute approximate surface area is 126 Å². The molecule has 0 bridgehead atoms. The molecule has 6 nitrogen and oxygen atoms in total. The molecule has 0 spiro atoms. The van der Waals surface area contributed by atoms with Gasteiger partial charge < -0.3 is 10.1 Å². The van der Waals surface area contributed by atoms with Gasteiger partial charge in [-0.25, -0.2) is 8.42 Å². The minimum atomic E-state index is -3.38. The number of amides is 1. The Morgan fingerprint density at radius 3 is 2.52 bits per heavy atom. The zero-order chi connectivity index (χ0) is 16.2. The molecule has 1 atom stereocenters. The first-order chi connectivity index (χ1) is 9.70. The summed E-state index contributed by atoms with van der Waals surface area (Å²) < 4.78 is 29.5. The summed E-state index contributed by atoms with van der Waals surface area (Å²) in [5.74, 6) is 0.117. The minimum absolute atomic E-state index is 0.0264. The predicted molar refractivity (Wildman–Crippen MR) is 83.5 cm³/mol. The molecule has 1 aromatic carbocycles. The average molecular weight is 314 g/mol. The largest absolute Gasteiger partial charge is 0.496 e. The number of carbonyl (C=O) groups is 1. The molecule has 1 aromatic rings. The van der Waals surface area contributed by atoms with Crippen LogP contribution in [-0.2, 0) is 10.0 Å². The van der Waals surface area contributed by atoms with Gasteiger partial charge in [-0.3, -0.25) is 9.10 Å². The van der Waals surface area contributed by atoms with Crippen LogP contribution < -0.4 is 14.4 Å². The van der Waals surface area contributed by atoms with Gasteiger partial charge in [0.2, 0.25) is 10.0 Å². The average Bonchev–Trinajstić information content (AvgIpc) is 2.44. The van der Waals surface area contributed by atoms with Crippen molar-refractivity contribution in [2.75, 3.05) is 24.7 Å². The Kier molecular flexibility index (Phi) is 5.60. The maximum atomic E-state index is 12.3. The number of methoxy groups -OCH3 is 1. The van der Waals surface area contributed by atoms with E-state index in [-0.39, 0.29) is 11.9 Å². The Bertz CT molecular complexity index is 613. The maximum absolute atomic E-state index is 12.3. The van der Waals surface area contributed by atoms with Crippen molar-refractivity contribution in [3.05, 3.63) is 23.8 Å². The molecule has 0 aliphatic carbocycles. The van der Waals surface area contributed by atoms with Crippen LogP contribution in [0.3, 0.4) is 0 Å². The van der Waals surface area contributed by atoms with Crippen molar-refractivity contribution in [1.29, 1.82) is 0 Å². The van der Waals surface area contributed by atoms with Gasteiger partial charge in [0.1, 0.15) is 5.75 Å². The van der Waals surface area contributed by atoms with Gasteiger partial charge in [-0.15, -0.1) is 0 Å². The second kappa shape index (κ2) is 6.80. The van der Waals surface area contributed by atoms with Crippen molar-refractivity contribution in [2.24, 2.45) is 0 Å². The van der Waals surface area contributed by atoms with Gasteiger partial charge in [0.15, 0.2) is 0 Å². The molecular formula is C14H22N2O4S. The molecule has 0 radical (unpaired) electrons. The molecule has 21 heavy (non-hydrogen) atoms. The monoisotopic (exact) mass is 314 g/mol. The number of rotatable bonds is 6. The number of sulfonamides is 1. The minimum Gasteiger partial charge on any atom is -0.496 e. The highest BCUT2D eigenvalue weighted by atomic mass is 32.2. The Hall–Kier alpha value is -1.76. The first-order valence-electron chi connectivity index (χ1n) is 6.63. The quantitative estimate of drug-likeness (QED) is 0.865. The molecule has 0 aliphatic rings. The number of anilines is 1. The summed E-state index contributed by atoms with van der Waals surface area (Å²) in [6, 6.07) is 4.72. The number of nitrogens with one attached hydrogen (secondary N) is 1. The van der Waals surface area contributed by atoms with Gasteiger partial charge in [-0.2, -0.15) is 0 Å². The topological polar surface area (TPSA) is 75.7 Å².